The van der Waals surface area contributed by atoms with Crippen LogP contribution in [0.25, 0.3) is 0 Å². The van der Waals surface area contributed by atoms with Gasteiger partial charge < -0.3 is 15.3 Å². The van der Waals surface area contributed by atoms with Crippen molar-refractivity contribution < 1.29 is 14.7 Å². The van der Waals surface area contributed by atoms with Crippen molar-refractivity contribution in [2.24, 2.45) is 5.92 Å². The number of rotatable bonds is 4. The Hall–Kier alpha value is -0.910. The molecule has 0 spiro atoms. The third-order valence-electron chi connectivity index (χ3n) is 3.87. The molecule has 2 N–H and O–H groups in total. The Bertz CT molecular complexity index is 324. The van der Waals surface area contributed by atoms with Crippen LogP contribution >= 0.6 is 11.8 Å². The Morgan fingerprint density at radius 3 is 2.58 bits per heavy atom. The van der Waals surface area contributed by atoms with E-state index >= 15 is 0 Å². The summed E-state index contributed by atoms with van der Waals surface area (Å²) in [6.07, 6.45) is 4.29. The molecule has 2 fully saturated rings. The molecule has 2 saturated heterocycles. The largest absolute Gasteiger partial charge is 0.481 e. The zero-order valence-corrected chi connectivity index (χ0v) is 12.0. The number of thioether (sulfide) groups is 1. The van der Waals surface area contributed by atoms with Gasteiger partial charge in [-0.1, -0.05) is 0 Å². The summed E-state index contributed by atoms with van der Waals surface area (Å²) < 4.78 is 0. The van der Waals surface area contributed by atoms with Crippen LogP contribution in [0.5, 0.6) is 0 Å². The highest BCUT2D eigenvalue weighted by atomic mass is 32.2. The van der Waals surface area contributed by atoms with Crippen molar-refractivity contribution in [3.63, 3.8) is 0 Å². The summed E-state index contributed by atoms with van der Waals surface area (Å²) in [6, 6.07) is 0.0151. The summed E-state index contributed by atoms with van der Waals surface area (Å²) >= 11 is 1.94. The number of likely N-dealkylation sites (tertiary alicyclic amines) is 1. The van der Waals surface area contributed by atoms with Gasteiger partial charge in [0.05, 0.1) is 0 Å². The number of hydrogen-bond acceptors (Lipinski definition) is 3. The maximum Gasteiger partial charge on any atom is 0.317 e. The quantitative estimate of drug-likeness (QED) is 0.826. The maximum atomic E-state index is 12.0. The van der Waals surface area contributed by atoms with Gasteiger partial charge in [0, 0.05) is 31.3 Å². The van der Waals surface area contributed by atoms with Gasteiger partial charge in [-0.2, -0.15) is 11.8 Å². The van der Waals surface area contributed by atoms with Crippen LogP contribution in [0.4, 0.5) is 4.79 Å². The molecule has 0 aromatic carbocycles. The second kappa shape index (κ2) is 7.03. The topological polar surface area (TPSA) is 69.6 Å². The second-order valence-corrected chi connectivity index (χ2v) is 6.76. The average molecular weight is 286 g/mol. The molecular weight excluding hydrogens is 264 g/mol. The first-order valence-corrected chi connectivity index (χ1v) is 8.06. The second-order valence-electron chi connectivity index (χ2n) is 5.35. The number of aliphatic carboxylic acids is 1. The Morgan fingerprint density at radius 1 is 1.26 bits per heavy atom. The third-order valence-corrected chi connectivity index (χ3v) is 5.27. The molecule has 2 aliphatic rings. The van der Waals surface area contributed by atoms with Crippen molar-refractivity contribution in [2.75, 3.05) is 25.4 Å². The first-order valence-electron chi connectivity index (χ1n) is 7.01. The number of carboxylic acids is 1. The van der Waals surface area contributed by atoms with Crippen LogP contribution in [0, 0.1) is 5.92 Å². The lowest BCUT2D eigenvalue weighted by molar-refractivity contribution is -0.138. The fourth-order valence-electron chi connectivity index (χ4n) is 2.71. The number of carbonyl (C=O) groups is 2. The fourth-order valence-corrected chi connectivity index (χ4v) is 3.91. The number of carboxylic acid groups (broad SMARTS) is 1. The van der Waals surface area contributed by atoms with Crippen LogP contribution in [-0.2, 0) is 4.79 Å². The van der Waals surface area contributed by atoms with E-state index in [0.29, 0.717) is 18.3 Å². The highest BCUT2D eigenvalue weighted by molar-refractivity contribution is 8.00. The molecule has 19 heavy (non-hydrogen) atoms. The molecule has 2 heterocycles. The monoisotopic (exact) mass is 286 g/mol. The van der Waals surface area contributed by atoms with Gasteiger partial charge in [0.15, 0.2) is 0 Å². The Kier molecular flexibility index (Phi) is 5.36. The lowest BCUT2D eigenvalue weighted by atomic mass is 9.94. The highest BCUT2D eigenvalue weighted by Crippen LogP contribution is 2.25. The summed E-state index contributed by atoms with van der Waals surface area (Å²) in [5, 5.41) is 12.3. The van der Waals surface area contributed by atoms with E-state index in [0.717, 1.165) is 19.4 Å². The highest BCUT2D eigenvalue weighted by Gasteiger charge is 2.25. The lowest BCUT2D eigenvalue weighted by Gasteiger charge is -2.31. The summed E-state index contributed by atoms with van der Waals surface area (Å²) in [7, 11) is 0. The number of urea groups is 1. The molecule has 6 heteroatoms. The first-order chi connectivity index (χ1) is 9.15. The van der Waals surface area contributed by atoms with Crippen LogP contribution in [0.3, 0.4) is 0 Å². The van der Waals surface area contributed by atoms with Gasteiger partial charge in [-0.15, -0.1) is 0 Å². The normalized spacial score (nSPS) is 24.4. The van der Waals surface area contributed by atoms with E-state index in [1.54, 1.807) is 0 Å². The number of nitrogens with zero attached hydrogens (tertiary/aromatic N) is 1. The van der Waals surface area contributed by atoms with Crippen molar-refractivity contribution in [3.8, 4) is 0 Å². The van der Waals surface area contributed by atoms with Crippen molar-refractivity contribution >= 4 is 23.8 Å². The van der Waals surface area contributed by atoms with Gasteiger partial charge in [0.2, 0.25) is 0 Å². The predicted octanol–water partition coefficient (Wildman–Crippen LogP) is 1.78. The number of piperidine rings is 1. The molecule has 5 nitrogen and oxygen atoms in total. The molecule has 2 aliphatic heterocycles. The van der Waals surface area contributed by atoms with Crippen LogP contribution < -0.4 is 5.32 Å². The SMILES string of the molecule is O=C(O)CC1CCN(C(=O)NCC2CCCS2)CC1. The third kappa shape index (κ3) is 4.60. The number of hydrogen-bond donors (Lipinski definition) is 2. The minimum absolute atomic E-state index is 0.0151. The number of carbonyl (C=O) groups excluding carboxylic acids is 1. The predicted molar refractivity (Wildman–Crippen MR) is 75.4 cm³/mol. The van der Waals surface area contributed by atoms with E-state index in [1.165, 1.54) is 18.6 Å². The van der Waals surface area contributed by atoms with Gasteiger partial charge in [-0.3, -0.25) is 4.79 Å². The van der Waals surface area contributed by atoms with Crippen LogP contribution in [0.2, 0.25) is 0 Å². The number of amides is 2. The molecule has 0 saturated carbocycles. The van der Waals surface area contributed by atoms with E-state index in [2.05, 4.69) is 5.32 Å². The zero-order chi connectivity index (χ0) is 13.7. The van der Waals surface area contributed by atoms with E-state index in [-0.39, 0.29) is 18.4 Å². The summed E-state index contributed by atoms with van der Waals surface area (Å²) in [6.45, 7) is 2.13. The minimum Gasteiger partial charge on any atom is -0.481 e. The Morgan fingerprint density at radius 2 is 2.00 bits per heavy atom. The zero-order valence-electron chi connectivity index (χ0n) is 11.1. The van der Waals surface area contributed by atoms with Gasteiger partial charge in [-0.05, 0) is 37.4 Å². The molecule has 2 rings (SSSR count). The minimum atomic E-state index is -0.735. The molecule has 1 atom stereocenters. The molecule has 0 aliphatic carbocycles. The van der Waals surface area contributed by atoms with Crippen molar-refractivity contribution in [2.45, 2.75) is 37.4 Å². The van der Waals surface area contributed by atoms with Gasteiger partial charge >= 0.3 is 12.0 Å². The van der Waals surface area contributed by atoms with Crippen LogP contribution in [0.1, 0.15) is 32.1 Å². The lowest BCUT2D eigenvalue weighted by Crippen LogP contribution is -2.46. The van der Waals surface area contributed by atoms with E-state index in [9.17, 15) is 9.59 Å². The Labute approximate surface area is 118 Å². The van der Waals surface area contributed by atoms with Crippen molar-refractivity contribution in [3.05, 3.63) is 0 Å². The van der Waals surface area contributed by atoms with Crippen LogP contribution in [-0.4, -0.2) is 52.6 Å². The van der Waals surface area contributed by atoms with Crippen molar-refractivity contribution in [1.29, 1.82) is 0 Å². The fraction of sp³-hybridized carbons (Fsp3) is 0.846. The standard InChI is InChI=1S/C13H22N2O3S/c16-12(17)8-10-3-5-15(6-4-10)13(18)14-9-11-2-1-7-19-11/h10-11H,1-9H2,(H,14,18)(H,16,17). The maximum absolute atomic E-state index is 12.0. The molecule has 0 aromatic rings. The molecule has 1 unspecified atom stereocenters. The molecule has 0 aromatic heterocycles. The number of nitrogens with one attached hydrogen (secondary N) is 1. The van der Waals surface area contributed by atoms with Gasteiger partial charge in [0.1, 0.15) is 0 Å². The average Bonchev–Trinajstić information content (AvgIpc) is 2.89. The first kappa shape index (κ1) is 14.5. The summed E-state index contributed by atoms with van der Waals surface area (Å²) in [4.78, 5) is 24.4. The molecule has 108 valence electrons. The molecule has 0 radical (unpaired) electrons. The van der Waals surface area contributed by atoms with Gasteiger partial charge in [-0.25, -0.2) is 4.79 Å². The summed E-state index contributed by atoms with van der Waals surface area (Å²) in [5.74, 6) is 0.703. The summed E-state index contributed by atoms with van der Waals surface area (Å²) in [5.41, 5.74) is 0. The van der Waals surface area contributed by atoms with Crippen molar-refractivity contribution in [1.82, 2.24) is 10.2 Å². The molecule has 0 bridgehead atoms. The van der Waals surface area contributed by atoms with Crippen LogP contribution in [0.15, 0.2) is 0 Å². The van der Waals surface area contributed by atoms with Gasteiger partial charge in [0.25, 0.3) is 0 Å². The van der Waals surface area contributed by atoms with E-state index in [4.69, 9.17) is 5.11 Å². The Balaban J connectivity index is 1.65. The molecular formula is C13H22N2O3S. The van der Waals surface area contributed by atoms with E-state index < -0.39 is 5.97 Å². The molecule has 2 amide bonds. The van der Waals surface area contributed by atoms with E-state index in [1.807, 2.05) is 16.7 Å². The smallest absolute Gasteiger partial charge is 0.317 e.